The van der Waals surface area contributed by atoms with Crippen molar-refractivity contribution in [2.75, 3.05) is 11.9 Å². The van der Waals surface area contributed by atoms with Crippen LogP contribution in [0.2, 0.25) is 0 Å². The van der Waals surface area contributed by atoms with Crippen LogP contribution in [0.1, 0.15) is 24.6 Å². The van der Waals surface area contributed by atoms with E-state index in [4.69, 9.17) is 0 Å². The number of para-hydroxylation sites is 1. The monoisotopic (exact) mass is 354 g/mol. The maximum Gasteiger partial charge on any atom is 0.241 e. The second-order valence-electron chi connectivity index (χ2n) is 6.08. The predicted octanol–water partition coefficient (Wildman–Crippen LogP) is 1.78. The van der Waals surface area contributed by atoms with Crippen LogP contribution in [0, 0.1) is 6.92 Å². The minimum atomic E-state index is -0.152. The van der Waals surface area contributed by atoms with Crippen LogP contribution in [0.25, 0.3) is 10.9 Å². The van der Waals surface area contributed by atoms with Crippen molar-refractivity contribution < 1.29 is 9.59 Å². The molecule has 1 aromatic carbocycles. The van der Waals surface area contributed by atoms with Gasteiger partial charge in [-0.25, -0.2) is 4.68 Å². The molecule has 0 spiro atoms. The van der Waals surface area contributed by atoms with Gasteiger partial charge in [-0.2, -0.15) is 0 Å². The Morgan fingerprint density at radius 3 is 2.85 bits per heavy atom. The Balaban J connectivity index is 1.51. The molecule has 0 radical (unpaired) electrons. The topological polar surface area (TPSA) is 105 Å². The SMILES string of the molecule is CCC(=O)Nc1cn(CC(=O)NCCc2c(C)[nH]c3ccccc23)nn1. The van der Waals surface area contributed by atoms with Crippen LogP contribution in [-0.2, 0) is 22.6 Å². The summed E-state index contributed by atoms with van der Waals surface area (Å²) in [5, 5.41) is 14.3. The number of nitrogens with zero attached hydrogens (tertiary/aromatic N) is 3. The quantitative estimate of drug-likeness (QED) is 0.601. The van der Waals surface area contributed by atoms with Crippen LogP contribution in [0.3, 0.4) is 0 Å². The normalized spacial score (nSPS) is 10.8. The number of hydrogen-bond donors (Lipinski definition) is 3. The molecule has 0 aliphatic heterocycles. The second kappa shape index (κ2) is 7.81. The molecule has 136 valence electrons. The van der Waals surface area contributed by atoms with Crippen LogP contribution in [0.5, 0.6) is 0 Å². The van der Waals surface area contributed by atoms with E-state index in [9.17, 15) is 9.59 Å². The highest BCUT2D eigenvalue weighted by Gasteiger charge is 2.10. The fourth-order valence-corrected chi connectivity index (χ4v) is 2.85. The van der Waals surface area contributed by atoms with E-state index in [0.29, 0.717) is 18.8 Å². The molecule has 3 aromatic rings. The fraction of sp³-hybridized carbons (Fsp3) is 0.333. The summed E-state index contributed by atoms with van der Waals surface area (Å²) in [6.45, 7) is 4.39. The van der Waals surface area contributed by atoms with E-state index in [1.807, 2.05) is 25.1 Å². The molecule has 0 saturated carbocycles. The number of carbonyl (C=O) groups is 2. The molecule has 2 amide bonds. The molecule has 8 heteroatoms. The van der Waals surface area contributed by atoms with Gasteiger partial charge in [-0.3, -0.25) is 9.59 Å². The summed E-state index contributed by atoms with van der Waals surface area (Å²) < 4.78 is 1.40. The highest BCUT2D eigenvalue weighted by molar-refractivity contribution is 5.89. The first-order chi connectivity index (χ1) is 12.6. The van der Waals surface area contributed by atoms with Crippen LogP contribution in [0.15, 0.2) is 30.5 Å². The Morgan fingerprint density at radius 1 is 1.23 bits per heavy atom. The van der Waals surface area contributed by atoms with Crippen molar-refractivity contribution >= 4 is 28.5 Å². The fourth-order valence-electron chi connectivity index (χ4n) is 2.85. The Morgan fingerprint density at radius 2 is 2.04 bits per heavy atom. The maximum absolute atomic E-state index is 12.1. The van der Waals surface area contributed by atoms with Gasteiger partial charge in [-0.1, -0.05) is 30.3 Å². The number of rotatable bonds is 7. The van der Waals surface area contributed by atoms with Crippen molar-refractivity contribution in [1.82, 2.24) is 25.3 Å². The highest BCUT2D eigenvalue weighted by Crippen LogP contribution is 2.21. The van der Waals surface area contributed by atoms with E-state index in [1.54, 1.807) is 6.92 Å². The third kappa shape index (κ3) is 4.08. The molecule has 2 aromatic heterocycles. The van der Waals surface area contributed by atoms with Gasteiger partial charge in [-0.15, -0.1) is 5.10 Å². The van der Waals surface area contributed by atoms with Crippen molar-refractivity contribution in [1.29, 1.82) is 0 Å². The number of H-pyrrole nitrogens is 1. The molecule has 26 heavy (non-hydrogen) atoms. The van der Waals surface area contributed by atoms with Crippen molar-refractivity contribution in [2.45, 2.75) is 33.2 Å². The van der Waals surface area contributed by atoms with Crippen LogP contribution in [0.4, 0.5) is 5.82 Å². The lowest BCUT2D eigenvalue weighted by Crippen LogP contribution is -2.29. The number of amides is 2. The van der Waals surface area contributed by atoms with Gasteiger partial charge in [0.2, 0.25) is 11.8 Å². The molecule has 0 aliphatic carbocycles. The van der Waals surface area contributed by atoms with Gasteiger partial charge < -0.3 is 15.6 Å². The zero-order chi connectivity index (χ0) is 18.5. The van der Waals surface area contributed by atoms with E-state index in [0.717, 1.165) is 17.6 Å². The average molecular weight is 354 g/mol. The molecule has 3 N–H and O–H groups in total. The lowest BCUT2D eigenvalue weighted by atomic mass is 10.1. The number of fused-ring (bicyclic) bond motifs is 1. The minimum Gasteiger partial charge on any atom is -0.358 e. The number of anilines is 1. The molecule has 0 aliphatic rings. The third-order valence-corrected chi connectivity index (χ3v) is 4.16. The van der Waals surface area contributed by atoms with Crippen molar-refractivity contribution in [2.24, 2.45) is 0 Å². The van der Waals surface area contributed by atoms with Gasteiger partial charge in [0.05, 0.1) is 6.20 Å². The van der Waals surface area contributed by atoms with Gasteiger partial charge in [-0.05, 0) is 25.0 Å². The molecule has 8 nitrogen and oxygen atoms in total. The molecular formula is C18H22N6O2. The Labute approximate surface area is 151 Å². The molecule has 3 rings (SSSR count). The van der Waals surface area contributed by atoms with Gasteiger partial charge in [0.25, 0.3) is 0 Å². The predicted molar refractivity (Wildman–Crippen MR) is 98.7 cm³/mol. The maximum atomic E-state index is 12.1. The third-order valence-electron chi connectivity index (χ3n) is 4.16. The zero-order valence-corrected chi connectivity index (χ0v) is 14.9. The number of nitrogens with one attached hydrogen (secondary N) is 3. The van der Waals surface area contributed by atoms with Crippen LogP contribution < -0.4 is 10.6 Å². The number of hydrogen-bond acceptors (Lipinski definition) is 4. The summed E-state index contributed by atoms with van der Waals surface area (Å²) >= 11 is 0. The zero-order valence-electron chi connectivity index (χ0n) is 14.9. The highest BCUT2D eigenvalue weighted by atomic mass is 16.2. The molecule has 0 bridgehead atoms. The van der Waals surface area contributed by atoms with E-state index in [2.05, 4.69) is 32.0 Å². The van der Waals surface area contributed by atoms with E-state index in [-0.39, 0.29) is 18.4 Å². The molecule has 0 atom stereocenters. The van der Waals surface area contributed by atoms with Crippen molar-refractivity contribution in [3.05, 3.63) is 41.7 Å². The first-order valence-electron chi connectivity index (χ1n) is 8.59. The Bertz CT molecular complexity index is 927. The Hall–Kier alpha value is -3.16. The molecule has 0 saturated heterocycles. The van der Waals surface area contributed by atoms with Gasteiger partial charge in [0, 0.05) is 29.6 Å². The van der Waals surface area contributed by atoms with Crippen LogP contribution >= 0.6 is 0 Å². The van der Waals surface area contributed by atoms with E-state index in [1.165, 1.54) is 21.8 Å². The minimum absolute atomic E-state index is 0.0574. The smallest absolute Gasteiger partial charge is 0.241 e. The summed E-state index contributed by atoms with van der Waals surface area (Å²) in [5.41, 5.74) is 3.44. The van der Waals surface area contributed by atoms with Gasteiger partial charge >= 0.3 is 0 Å². The molecule has 0 fully saturated rings. The summed E-state index contributed by atoms with van der Waals surface area (Å²) in [7, 11) is 0. The number of aromatic amines is 1. The number of benzene rings is 1. The van der Waals surface area contributed by atoms with Crippen LogP contribution in [-0.4, -0.2) is 38.3 Å². The summed E-state index contributed by atoms with van der Waals surface area (Å²) in [5.74, 6) is 0.0513. The number of carbonyl (C=O) groups excluding carboxylic acids is 2. The molecule has 2 heterocycles. The average Bonchev–Trinajstić information content (AvgIpc) is 3.18. The Kier molecular flexibility index (Phi) is 5.31. The standard InChI is InChI=1S/C18H22N6O2/c1-3-17(25)21-16-10-24(23-22-16)11-18(26)19-9-8-13-12(2)20-15-7-5-4-6-14(13)15/h4-7,10,20H,3,8-9,11H2,1-2H3,(H,19,26)(H,21,25). The summed E-state index contributed by atoms with van der Waals surface area (Å²) in [6, 6.07) is 8.14. The first-order valence-corrected chi connectivity index (χ1v) is 8.59. The lowest BCUT2D eigenvalue weighted by molar-refractivity contribution is -0.121. The van der Waals surface area contributed by atoms with Gasteiger partial charge in [0.1, 0.15) is 6.54 Å². The van der Waals surface area contributed by atoms with E-state index >= 15 is 0 Å². The number of aromatic nitrogens is 4. The first kappa shape index (κ1) is 17.7. The largest absolute Gasteiger partial charge is 0.358 e. The molecule has 0 unspecified atom stereocenters. The molecular weight excluding hydrogens is 332 g/mol. The summed E-state index contributed by atoms with van der Waals surface area (Å²) in [6.07, 6.45) is 2.65. The van der Waals surface area contributed by atoms with E-state index < -0.39 is 0 Å². The second-order valence-corrected chi connectivity index (χ2v) is 6.08. The van der Waals surface area contributed by atoms with Crippen molar-refractivity contribution in [3.63, 3.8) is 0 Å². The number of aryl methyl sites for hydroxylation is 1. The van der Waals surface area contributed by atoms with Gasteiger partial charge in [0.15, 0.2) is 5.82 Å². The summed E-state index contributed by atoms with van der Waals surface area (Å²) in [4.78, 5) is 26.8. The van der Waals surface area contributed by atoms with Crippen molar-refractivity contribution in [3.8, 4) is 0 Å². The lowest BCUT2D eigenvalue weighted by Gasteiger charge is -2.05.